The van der Waals surface area contributed by atoms with Gasteiger partial charge in [-0.2, -0.15) is 0 Å². The summed E-state index contributed by atoms with van der Waals surface area (Å²) in [6, 6.07) is 7.11. The smallest absolute Gasteiger partial charge is 0.142 e. The maximum atomic E-state index is 5.96. The molecule has 1 aromatic heterocycles. The van der Waals surface area contributed by atoms with E-state index >= 15 is 0 Å². The Labute approximate surface area is 111 Å². The van der Waals surface area contributed by atoms with Gasteiger partial charge in [-0.05, 0) is 30.7 Å². The highest BCUT2D eigenvalue weighted by atomic mass is 35.5. The molecule has 0 saturated heterocycles. The third-order valence-corrected chi connectivity index (χ3v) is 2.80. The monoisotopic (exact) mass is 263 g/mol. The zero-order valence-electron chi connectivity index (χ0n) is 10.2. The van der Waals surface area contributed by atoms with E-state index < -0.39 is 0 Å². The summed E-state index contributed by atoms with van der Waals surface area (Å²) in [5.41, 5.74) is 8.22. The number of anilines is 3. The summed E-state index contributed by atoms with van der Waals surface area (Å²) < 4.78 is 5.25. The summed E-state index contributed by atoms with van der Waals surface area (Å²) in [4.78, 5) is 4.25. The minimum Gasteiger partial charge on any atom is -0.495 e. The summed E-state index contributed by atoms with van der Waals surface area (Å²) in [6.45, 7) is 1.91. The van der Waals surface area contributed by atoms with E-state index in [0.29, 0.717) is 22.3 Å². The van der Waals surface area contributed by atoms with E-state index in [9.17, 15) is 0 Å². The predicted octanol–water partition coefficient (Wildman–Crippen LogP) is 3.38. The standard InChI is InChI=1S/C13H14ClN3O/c1-8-7-16-13(6-10(8)15)17-11-5-9(14)3-4-12(11)18-2/h3-7H,1-2H3,(H3,15,16,17). The van der Waals surface area contributed by atoms with Crippen molar-refractivity contribution in [3.8, 4) is 5.75 Å². The van der Waals surface area contributed by atoms with Crippen LogP contribution in [0.4, 0.5) is 17.2 Å². The molecule has 0 saturated carbocycles. The first-order valence-electron chi connectivity index (χ1n) is 5.43. The lowest BCUT2D eigenvalue weighted by Crippen LogP contribution is -1.99. The Morgan fingerprint density at radius 3 is 2.78 bits per heavy atom. The molecule has 4 nitrogen and oxygen atoms in total. The van der Waals surface area contributed by atoms with Crippen LogP contribution in [0.3, 0.4) is 0 Å². The summed E-state index contributed by atoms with van der Waals surface area (Å²) in [5.74, 6) is 1.35. The molecule has 5 heteroatoms. The Kier molecular flexibility index (Phi) is 3.58. The third-order valence-electron chi connectivity index (χ3n) is 2.57. The van der Waals surface area contributed by atoms with Crippen molar-refractivity contribution in [3.05, 3.63) is 41.0 Å². The van der Waals surface area contributed by atoms with Gasteiger partial charge in [0, 0.05) is 23.0 Å². The van der Waals surface area contributed by atoms with E-state index in [1.807, 2.05) is 6.92 Å². The van der Waals surface area contributed by atoms with Gasteiger partial charge in [0.05, 0.1) is 12.8 Å². The lowest BCUT2D eigenvalue weighted by molar-refractivity contribution is 0.417. The van der Waals surface area contributed by atoms with Gasteiger partial charge in [-0.15, -0.1) is 0 Å². The average molecular weight is 264 g/mol. The van der Waals surface area contributed by atoms with Crippen molar-refractivity contribution in [2.75, 3.05) is 18.2 Å². The molecule has 2 aromatic rings. The molecule has 0 unspecified atom stereocenters. The minimum atomic E-state index is 0.624. The number of nitrogen functional groups attached to an aromatic ring is 1. The number of aryl methyl sites for hydroxylation is 1. The van der Waals surface area contributed by atoms with Gasteiger partial charge in [-0.25, -0.2) is 4.98 Å². The van der Waals surface area contributed by atoms with Crippen LogP contribution in [0.15, 0.2) is 30.5 Å². The van der Waals surface area contributed by atoms with Crippen molar-refractivity contribution < 1.29 is 4.74 Å². The molecule has 0 radical (unpaired) electrons. The van der Waals surface area contributed by atoms with E-state index in [1.54, 1.807) is 37.6 Å². The highest BCUT2D eigenvalue weighted by Gasteiger charge is 2.05. The first-order valence-corrected chi connectivity index (χ1v) is 5.80. The van der Waals surface area contributed by atoms with Crippen LogP contribution >= 0.6 is 11.6 Å². The fourth-order valence-corrected chi connectivity index (χ4v) is 1.70. The first kappa shape index (κ1) is 12.5. The van der Waals surface area contributed by atoms with Crippen molar-refractivity contribution in [3.63, 3.8) is 0 Å². The maximum absolute atomic E-state index is 5.96. The molecule has 0 aliphatic rings. The average Bonchev–Trinajstić information content (AvgIpc) is 2.34. The number of aromatic nitrogens is 1. The Morgan fingerprint density at radius 1 is 1.33 bits per heavy atom. The molecule has 0 amide bonds. The molecule has 3 N–H and O–H groups in total. The van der Waals surface area contributed by atoms with Crippen LogP contribution < -0.4 is 15.8 Å². The van der Waals surface area contributed by atoms with Gasteiger partial charge in [0.2, 0.25) is 0 Å². The van der Waals surface area contributed by atoms with Gasteiger partial charge in [0.25, 0.3) is 0 Å². The molecule has 0 aliphatic carbocycles. The Bertz CT molecular complexity index is 572. The van der Waals surface area contributed by atoms with Crippen LogP contribution in [0.5, 0.6) is 5.75 Å². The predicted molar refractivity (Wildman–Crippen MR) is 74.7 cm³/mol. The number of nitrogens with two attached hydrogens (primary N) is 1. The zero-order valence-corrected chi connectivity index (χ0v) is 11.0. The zero-order chi connectivity index (χ0) is 13.1. The third kappa shape index (κ3) is 2.65. The molecule has 0 bridgehead atoms. The molecule has 18 heavy (non-hydrogen) atoms. The van der Waals surface area contributed by atoms with Gasteiger partial charge >= 0.3 is 0 Å². The number of hydrogen-bond donors (Lipinski definition) is 2. The molecule has 1 heterocycles. The second-order valence-electron chi connectivity index (χ2n) is 3.90. The van der Waals surface area contributed by atoms with Crippen molar-refractivity contribution >= 4 is 28.8 Å². The lowest BCUT2D eigenvalue weighted by Gasteiger charge is -2.11. The summed E-state index contributed by atoms with van der Waals surface area (Å²) in [6.07, 6.45) is 1.72. The largest absolute Gasteiger partial charge is 0.495 e. The van der Waals surface area contributed by atoms with Gasteiger partial charge in [-0.3, -0.25) is 0 Å². The van der Waals surface area contributed by atoms with Crippen molar-refractivity contribution in [1.29, 1.82) is 0 Å². The first-order chi connectivity index (χ1) is 8.60. The number of pyridine rings is 1. The fraction of sp³-hybridized carbons (Fsp3) is 0.154. The number of benzene rings is 1. The van der Waals surface area contributed by atoms with Crippen LogP contribution in [-0.2, 0) is 0 Å². The summed E-state index contributed by atoms with van der Waals surface area (Å²) in [5, 5.41) is 3.76. The molecular weight excluding hydrogens is 250 g/mol. The quantitative estimate of drug-likeness (QED) is 0.891. The topological polar surface area (TPSA) is 60.2 Å². The van der Waals surface area contributed by atoms with Gasteiger partial charge in [0.15, 0.2) is 0 Å². The van der Waals surface area contributed by atoms with Crippen molar-refractivity contribution in [1.82, 2.24) is 4.98 Å². The molecule has 0 fully saturated rings. The van der Waals surface area contributed by atoms with E-state index in [1.165, 1.54) is 0 Å². The van der Waals surface area contributed by atoms with Gasteiger partial charge in [-0.1, -0.05) is 11.6 Å². The second-order valence-corrected chi connectivity index (χ2v) is 4.33. The number of halogens is 1. The van der Waals surface area contributed by atoms with Crippen molar-refractivity contribution in [2.45, 2.75) is 6.92 Å². The molecule has 0 atom stereocenters. The van der Waals surface area contributed by atoms with E-state index in [4.69, 9.17) is 22.1 Å². The molecule has 0 spiro atoms. The molecule has 2 rings (SSSR count). The molecule has 0 aliphatic heterocycles. The molecule has 94 valence electrons. The minimum absolute atomic E-state index is 0.624. The maximum Gasteiger partial charge on any atom is 0.142 e. The van der Waals surface area contributed by atoms with Crippen LogP contribution in [0, 0.1) is 6.92 Å². The number of nitrogens with zero attached hydrogens (tertiary/aromatic N) is 1. The van der Waals surface area contributed by atoms with Gasteiger partial charge in [0.1, 0.15) is 11.6 Å². The number of ether oxygens (including phenoxy) is 1. The summed E-state index contributed by atoms with van der Waals surface area (Å²) in [7, 11) is 1.60. The van der Waals surface area contributed by atoms with Gasteiger partial charge < -0.3 is 15.8 Å². The number of rotatable bonds is 3. The SMILES string of the molecule is COc1ccc(Cl)cc1Nc1cc(N)c(C)cn1. The van der Waals surface area contributed by atoms with E-state index in [-0.39, 0.29) is 0 Å². The Balaban J connectivity index is 2.33. The highest BCUT2D eigenvalue weighted by Crippen LogP contribution is 2.30. The second kappa shape index (κ2) is 5.14. The molecular formula is C13H14ClN3O. The van der Waals surface area contributed by atoms with Crippen molar-refractivity contribution in [2.24, 2.45) is 0 Å². The van der Waals surface area contributed by atoms with E-state index in [2.05, 4.69) is 10.3 Å². The number of hydrogen-bond acceptors (Lipinski definition) is 4. The number of methoxy groups -OCH3 is 1. The van der Waals surface area contributed by atoms with Crippen LogP contribution in [-0.4, -0.2) is 12.1 Å². The van der Waals surface area contributed by atoms with Crippen LogP contribution in [0.25, 0.3) is 0 Å². The van der Waals surface area contributed by atoms with E-state index in [0.717, 1.165) is 11.3 Å². The summed E-state index contributed by atoms with van der Waals surface area (Å²) >= 11 is 5.96. The number of nitrogens with one attached hydrogen (secondary N) is 1. The molecule has 1 aromatic carbocycles. The van der Waals surface area contributed by atoms with Crippen LogP contribution in [0.2, 0.25) is 5.02 Å². The fourth-order valence-electron chi connectivity index (χ4n) is 1.52. The highest BCUT2D eigenvalue weighted by molar-refractivity contribution is 6.31. The Hall–Kier alpha value is -1.94. The normalized spacial score (nSPS) is 10.2. The lowest BCUT2D eigenvalue weighted by atomic mass is 10.2. The van der Waals surface area contributed by atoms with Crippen LogP contribution in [0.1, 0.15) is 5.56 Å². The Morgan fingerprint density at radius 2 is 2.11 bits per heavy atom.